The first kappa shape index (κ1) is 13.3. The van der Waals surface area contributed by atoms with Crippen LogP contribution in [0.2, 0.25) is 0 Å². The van der Waals surface area contributed by atoms with Gasteiger partial charge in [0.1, 0.15) is 0 Å². The number of nitrogens with two attached hydrogens (primary N) is 1. The summed E-state index contributed by atoms with van der Waals surface area (Å²) in [7, 11) is -2.89. The van der Waals surface area contributed by atoms with Crippen LogP contribution in [0.25, 0.3) is 0 Å². The number of rotatable bonds is 2. The highest BCUT2D eigenvalue weighted by Gasteiger charge is 2.43. The molecule has 2 saturated heterocycles. The minimum Gasteiger partial charge on any atom is -0.329 e. The number of nitrogens with zero attached hydrogens (tertiary/aromatic N) is 1. The van der Waals surface area contributed by atoms with Gasteiger partial charge in [-0.05, 0) is 38.1 Å². The average Bonchev–Trinajstić information content (AvgIpc) is 2.27. The molecule has 0 aromatic carbocycles. The van der Waals surface area contributed by atoms with E-state index in [1.165, 1.54) is 12.8 Å². The van der Waals surface area contributed by atoms with Gasteiger partial charge in [0.2, 0.25) is 0 Å². The Balaban J connectivity index is 2.18. The Labute approximate surface area is 104 Å². The molecule has 0 aromatic rings. The van der Waals surface area contributed by atoms with Crippen molar-refractivity contribution in [2.75, 3.05) is 31.1 Å². The summed E-state index contributed by atoms with van der Waals surface area (Å²) in [4.78, 5) is 2.36. The Hall–Kier alpha value is -0.130. The van der Waals surface area contributed by atoms with Gasteiger partial charge in [0.15, 0.2) is 9.84 Å². The standard InChI is InChI=1S/C12H24N2O2S/c1-11-4-2-6-14(8-11)12(9-13)5-3-7-17(15,16)10-12/h11H,2-10,13H2,1H3. The number of piperidine rings is 1. The van der Waals surface area contributed by atoms with E-state index in [9.17, 15) is 8.42 Å². The van der Waals surface area contributed by atoms with Gasteiger partial charge < -0.3 is 5.73 Å². The van der Waals surface area contributed by atoms with Crippen molar-refractivity contribution in [1.82, 2.24) is 4.90 Å². The average molecular weight is 260 g/mol. The van der Waals surface area contributed by atoms with E-state index in [1.54, 1.807) is 0 Å². The van der Waals surface area contributed by atoms with E-state index in [0.717, 1.165) is 25.9 Å². The van der Waals surface area contributed by atoms with Crippen LogP contribution in [0.3, 0.4) is 0 Å². The molecular weight excluding hydrogens is 236 g/mol. The second kappa shape index (κ2) is 4.86. The van der Waals surface area contributed by atoms with Crippen LogP contribution in [-0.4, -0.2) is 50.0 Å². The predicted molar refractivity (Wildman–Crippen MR) is 69.6 cm³/mol. The second-order valence-electron chi connectivity index (χ2n) is 5.82. The van der Waals surface area contributed by atoms with E-state index in [1.807, 2.05) is 0 Å². The monoisotopic (exact) mass is 260 g/mol. The summed E-state index contributed by atoms with van der Waals surface area (Å²) in [6.07, 6.45) is 4.13. The molecule has 0 radical (unpaired) electrons. The molecule has 2 aliphatic heterocycles. The van der Waals surface area contributed by atoms with Crippen molar-refractivity contribution in [3.05, 3.63) is 0 Å². The molecule has 0 saturated carbocycles. The molecule has 100 valence electrons. The number of sulfone groups is 1. The van der Waals surface area contributed by atoms with Crippen LogP contribution in [0.4, 0.5) is 0 Å². The third-order valence-corrected chi connectivity index (χ3v) is 6.18. The van der Waals surface area contributed by atoms with Crippen molar-refractivity contribution in [3.63, 3.8) is 0 Å². The van der Waals surface area contributed by atoms with Crippen molar-refractivity contribution in [1.29, 1.82) is 0 Å². The van der Waals surface area contributed by atoms with Gasteiger partial charge in [-0.15, -0.1) is 0 Å². The third kappa shape index (κ3) is 2.83. The van der Waals surface area contributed by atoms with Gasteiger partial charge in [0, 0.05) is 18.6 Å². The Morgan fingerprint density at radius 2 is 2.18 bits per heavy atom. The molecule has 0 aromatic heterocycles. The maximum atomic E-state index is 11.9. The van der Waals surface area contributed by atoms with E-state index in [-0.39, 0.29) is 11.3 Å². The van der Waals surface area contributed by atoms with Gasteiger partial charge in [-0.25, -0.2) is 8.42 Å². The lowest BCUT2D eigenvalue weighted by molar-refractivity contribution is 0.0569. The van der Waals surface area contributed by atoms with Crippen molar-refractivity contribution in [2.45, 2.75) is 38.1 Å². The SMILES string of the molecule is CC1CCCN(C2(CN)CCCS(=O)(=O)C2)C1. The summed E-state index contributed by atoms with van der Waals surface area (Å²) in [5.74, 6) is 1.28. The van der Waals surface area contributed by atoms with Crippen molar-refractivity contribution < 1.29 is 8.42 Å². The second-order valence-corrected chi connectivity index (χ2v) is 8.00. The lowest BCUT2D eigenvalue weighted by atomic mass is 9.88. The summed E-state index contributed by atoms with van der Waals surface area (Å²) < 4.78 is 23.7. The van der Waals surface area contributed by atoms with Crippen LogP contribution in [0.15, 0.2) is 0 Å². The molecule has 2 rings (SSSR count). The first-order valence-corrected chi connectivity index (χ1v) is 8.45. The lowest BCUT2D eigenvalue weighted by Gasteiger charge is -2.48. The van der Waals surface area contributed by atoms with Crippen LogP contribution < -0.4 is 5.73 Å². The zero-order valence-corrected chi connectivity index (χ0v) is 11.5. The molecule has 4 nitrogen and oxygen atoms in total. The minimum absolute atomic E-state index is 0.267. The van der Waals surface area contributed by atoms with Gasteiger partial charge in [-0.1, -0.05) is 6.92 Å². The lowest BCUT2D eigenvalue weighted by Crippen LogP contribution is -2.62. The molecule has 2 fully saturated rings. The molecule has 2 aliphatic rings. The highest BCUT2D eigenvalue weighted by molar-refractivity contribution is 7.91. The number of likely N-dealkylation sites (tertiary alicyclic amines) is 1. The fraction of sp³-hybridized carbons (Fsp3) is 1.00. The van der Waals surface area contributed by atoms with Gasteiger partial charge in [0.25, 0.3) is 0 Å². The van der Waals surface area contributed by atoms with E-state index < -0.39 is 9.84 Å². The van der Waals surface area contributed by atoms with Gasteiger partial charge in [-0.2, -0.15) is 0 Å². The summed E-state index contributed by atoms with van der Waals surface area (Å²) in [5, 5.41) is 0. The molecule has 5 heteroatoms. The Bertz CT molecular complexity index is 369. The fourth-order valence-electron chi connectivity index (χ4n) is 3.33. The quantitative estimate of drug-likeness (QED) is 0.791. The Morgan fingerprint density at radius 3 is 2.76 bits per heavy atom. The van der Waals surface area contributed by atoms with Crippen LogP contribution in [0, 0.1) is 5.92 Å². The third-order valence-electron chi connectivity index (χ3n) is 4.29. The molecule has 2 heterocycles. The fourth-order valence-corrected chi connectivity index (χ4v) is 5.33. The normalized spacial score (nSPS) is 39.1. The van der Waals surface area contributed by atoms with E-state index in [0.29, 0.717) is 18.2 Å². The Kier molecular flexibility index (Phi) is 3.80. The Morgan fingerprint density at radius 1 is 1.41 bits per heavy atom. The zero-order valence-electron chi connectivity index (χ0n) is 10.7. The summed E-state index contributed by atoms with van der Waals surface area (Å²) in [5.41, 5.74) is 5.66. The number of hydrogen-bond acceptors (Lipinski definition) is 4. The first-order valence-electron chi connectivity index (χ1n) is 6.63. The summed E-state index contributed by atoms with van der Waals surface area (Å²) in [6.45, 7) is 4.73. The molecule has 2 atom stereocenters. The van der Waals surface area contributed by atoms with Crippen molar-refractivity contribution in [2.24, 2.45) is 11.7 Å². The van der Waals surface area contributed by atoms with Gasteiger partial charge in [-0.3, -0.25) is 4.90 Å². The predicted octanol–water partition coefficient (Wildman–Crippen LogP) is 0.624. The minimum atomic E-state index is -2.89. The van der Waals surface area contributed by atoms with Gasteiger partial charge in [0.05, 0.1) is 11.5 Å². The molecule has 0 amide bonds. The zero-order chi connectivity index (χ0) is 12.5. The topological polar surface area (TPSA) is 63.4 Å². The summed E-state index contributed by atoms with van der Waals surface area (Å²) in [6, 6.07) is 0. The molecule has 0 bridgehead atoms. The molecule has 0 aliphatic carbocycles. The molecular formula is C12H24N2O2S. The number of hydrogen-bond donors (Lipinski definition) is 1. The van der Waals surface area contributed by atoms with Crippen LogP contribution in [0.5, 0.6) is 0 Å². The van der Waals surface area contributed by atoms with Crippen LogP contribution in [0.1, 0.15) is 32.6 Å². The van der Waals surface area contributed by atoms with Crippen LogP contribution >= 0.6 is 0 Å². The van der Waals surface area contributed by atoms with E-state index in [4.69, 9.17) is 5.73 Å². The van der Waals surface area contributed by atoms with Gasteiger partial charge >= 0.3 is 0 Å². The maximum absolute atomic E-state index is 11.9. The van der Waals surface area contributed by atoms with Crippen molar-refractivity contribution >= 4 is 9.84 Å². The van der Waals surface area contributed by atoms with E-state index in [2.05, 4.69) is 11.8 Å². The highest BCUT2D eigenvalue weighted by Crippen LogP contribution is 2.32. The van der Waals surface area contributed by atoms with Crippen LogP contribution in [-0.2, 0) is 9.84 Å². The van der Waals surface area contributed by atoms with Crippen molar-refractivity contribution in [3.8, 4) is 0 Å². The molecule has 2 unspecified atom stereocenters. The largest absolute Gasteiger partial charge is 0.329 e. The smallest absolute Gasteiger partial charge is 0.152 e. The molecule has 2 N–H and O–H groups in total. The maximum Gasteiger partial charge on any atom is 0.152 e. The molecule has 0 spiro atoms. The summed E-state index contributed by atoms with van der Waals surface area (Å²) >= 11 is 0. The molecule has 17 heavy (non-hydrogen) atoms. The first-order chi connectivity index (χ1) is 7.97. The van der Waals surface area contributed by atoms with E-state index >= 15 is 0 Å². The highest BCUT2D eigenvalue weighted by atomic mass is 32.2.